The third kappa shape index (κ3) is 3.38. The van der Waals surface area contributed by atoms with Crippen LogP contribution in [0.5, 0.6) is 0 Å². The third-order valence-electron chi connectivity index (χ3n) is 3.07. The van der Waals surface area contributed by atoms with Gasteiger partial charge >= 0.3 is 0 Å². The van der Waals surface area contributed by atoms with Crippen LogP contribution in [0.1, 0.15) is 16.8 Å². The normalized spacial score (nSPS) is 18.6. The van der Waals surface area contributed by atoms with Crippen LogP contribution in [0.15, 0.2) is 22.7 Å². The zero-order chi connectivity index (χ0) is 12.4. The lowest BCUT2D eigenvalue weighted by molar-refractivity contribution is 0.0787. The van der Waals surface area contributed by atoms with Gasteiger partial charge in [0.25, 0.3) is 5.91 Å². The zero-order valence-electron chi connectivity index (χ0n) is 9.73. The van der Waals surface area contributed by atoms with E-state index in [1.54, 1.807) is 18.2 Å². The molecule has 1 amide bonds. The molecule has 1 aromatic carbocycles. The van der Waals surface area contributed by atoms with Gasteiger partial charge in [0.2, 0.25) is 0 Å². The number of carbonyl (C=O) groups is 1. The number of nitrogens with zero attached hydrogens (tertiary/aromatic N) is 1. The maximum absolute atomic E-state index is 12.2. The number of likely N-dealkylation sites (tertiary alicyclic amines) is 1. The van der Waals surface area contributed by atoms with Gasteiger partial charge in [-0.05, 0) is 53.0 Å². The van der Waals surface area contributed by atoms with Gasteiger partial charge in [-0.25, -0.2) is 0 Å². The molecule has 2 rings (SSSR count). The minimum absolute atomic E-state index is 0. The number of rotatable bonds is 2. The van der Waals surface area contributed by atoms with Gasteiger partial charge in [-0.1, -0.05) is 11.6 Å². The lowest BCUT2D eigenvalue weighted by Gasteiger charge is -2.16. The van der Waals surface area contributed by atoms with Gasteiger partial charge in [-0.15, -0.1) is 12.4 Å². The molecule has 18 heavy (non-hydrogen) atoms. The highest BCUT2D eigenvalue weighted by atomic mass is 79.9. The largest absolute Gasteiger partial charge is 0.338 e. The molecule has 0 radical (unpaired) electrons. The van der Waals surface area contributed by atoms with Crippen molar-refractivity contribution >= 4 is 45.8 Å². The molecule has 100 valence electrons. The fourth-order valence-electron chi connectivity index (χ4n) is 2.02. The topological polar surface area (TPSA) is 46.3 Å². The van der Waals surface area contributed by atoms with E-state index in [1.807, 2.05) is 4.90 Å². The highest BCUT2D eigenvalue weighted by Crippen LogP contribution is 2.25. The molecule has 0 spiro atoms. The predicted molar refractivity (Wildman–Crippen MR) is 79.5 cm³/mol. The number of hydrogen-bond donors (Lipinski definition) is 1. The van der Waals surface area contributed by atoms with Crippen molar-refractivity contribution in [2.24, 2.45) is 11.7 Å². The zero-order valence-corrected chi connectivity index (χ0v) is 12.9. The number of nitrogens with two attached hydrogens (primary N) is 1. The summed E-state index contributed by atoms with van der Waals surface area (Å²) in [4.78, 5) is 14.0. The second-order valence-corrected chi connectivity index (χ2v) is 5.53. The summed E-state index contributed by atoms with van der Waals surface area (Å²) >= 11 is 9.23. The molecular formula is C12H15BrCl2N2O. The van der Waals surface area contributed by atoms with Crippen molar-refractivity contribution < 1.29 is 4.79 Å². The number of halogens is 3. The highest BCUT2D eigenvalue weighted by molar-refractivity contribution is 9.10. The predicted octanol–water partition coefficient (Wildman–Crippen LogP) is 2.95. The smallest absolute Gasteiger partial charge is 0.253 e. The molecule has 2 N–H and O–H groups in total. The Labute approximate surface area is 126 Å². The number of amides is 1. The molecule has 1 saturated heterocycles. The molecular weight excluding hydrogens is 339 g/mol. The molecule has 1 heterocycles. The summed E-state index contributed by atoms with van der Waals surface area (Å²) < 4.78 is 0.750. The van der Waals surface area contributed by atoms with Crippen LogP contribution < -0.4 is 5.73 Å². The number of benzene rings is 1. The van der Waals surface area contributed by atoms with Crippen molar-refractivity contribution in [3.05, 3.63) is 33.3 Å². The van der Waals surface area contributed by atoms with Gasteiger partial charge in [-0.2, -0.15) is 0 Å². The van der Waals surface area contributed by atoms with Crippen LogP contribution >= 0.6 is 39.9 Å². The van der Waals surface area contributed by atoms with Crippen LogP contribution in [-0.2, 0) is 0 Å². The Morgan fingerprint density at radius 2 is 2.28 bits per heavy atom. The highest BCUT2D eigenvalue weighted by Gasteiger charge is 2.26. The van der Waals surface area contributed by atoms with E-state index in [0.717, 1.165) is 24.0 Å². The Morgan fingerprint density at radius 1 is 1.56 bits per heavy atom. The van der Waals surface area contributed by atoms with E-state index in [9.17, 15) is 4.79 Å². The van der Waals surface area contributed by atoms with Crippen molar-refractivity contribution in [2.45, 2.75) is 6.42 Å². The summed E-state index contributed by atoms with van der Waals surface area (Å²) in [5.41, 5.74) is 6.28. The SMILES string of the molecule is Cl.NCC1CCN(C(=O)c2ccc(Cl)c(Br)c2)C1. The molecule has 3 nitrogen and oxygen atoms in total. The molecule has 1 aromatic rings. The standard InChI is InChI=1S/C12H14BrClN2O.ClH/c13-10-5-9(1-2-11(10)14)12(17)16-4-3-8(6-15)7-16;/h1-2,5,8H,3-4,6-7,15H2;1H. The summed E-state index contributed by atoms with van der Waals surface area (Å²) in [6.45, 7) is 2.20. The van der Waals surface area contributed by atoms with Gasteiger partial charge in [0.05, 0.1) is 5.02 Å². The molecule has 1 unspecified atom stereocenters. The summed E-state index contributed by atoms with van der Waals surface area (Å²) in [6, 6.07) is 5.25. The van der Waals surface area contributed by atoms with Crippen LogP contribution in [0.25, 0.3) is 0 Å². The van der Waals surface area contributed by atoms with E-state index in [0.29, 0.717) is 23.0 Å². The first kappa shape index (κ1) is 15.8. The molecule has 0 aliphatic carbocycles. The Bertz CT molecular complexity index is 442. The van der Waals surface area contributed by atoms with E-state index in [1.165, 1.54) is 0 Å². The van der Waals surface area contributed by atoms with Gasteiger partial charge in [0.15, 0.2) is 0 Å². The summed E-state index contributed by atoms with van der Waals surface area (Å²) in [7, 11) is 0. The summed E-state index contributed by atoms with van der Waals surface area (Å²) in [5, 5.41) is 0.614. The fraction of sp³-hybridized carbons (Fsp3) is 0.417. The maximum Gasteiger partial charge on any atom is 0.253 e. The lowest BCUT2D eigenvalue weighted by Crippen LogP contribution is -2.29. The van der Waals surface area contributed by atoms with E-state index in [2.05, 4.69) is 15.9 Å². The first-order chi connectivity index (χ1) is 8.11. The minimum Gasteiger partial charge on any atom is -0.338 e. The Hall–Kier alpha value is -0.290. The van der Waals surface area contributed by atoms with Crippen molar-refractivity contribution in [3.63, 3.8) is 0 Å². The Balaban J connectivity index is 0.00000162. The monoisotopic (exact) mass is 352 g/mol. The van der Waals surface area contributed by atoms with Crippen LogP contribution in [-0.4, -0.2) is 30.4 Å². The molecule has 1 aliphatic rings. The van der Waals surface area contributed by atoms with Crippen molar-refractivity contribution in [3.8, 4) is 0 Å². The lowest BCUT2D eigenvalue weighted by atomic mass is 10.1. The quantitative estimate of drug-likeness (QED) is 0.888. The van der Waals surface area contributed by atoms with E-state index in [-0.39, 0.29) is 18.3 Å². The Kier molecular flexibility index (Phi) is 5.92. The summed E-state index contributed by atoms with van der Waals surface area (Å²) in [6.07, 6.45) is 0.997. The molecule has 1 atom stereocenters. The van der Waals surface area contributed by atoms with Gasteiger partial charge in [-0.3, -0.25) is 4.79 Å². The maximum atomic E-state index is 12.2. The molecule has 1 aliphatic heterocycles. The first-order valence-corrected chi connectivity index (χ1v) is 6.73. The number of carbonyl (C=O) groups excluding carboxylic acids is 1. The van der Waals surface area contributed by atoms with E-state index >= 15 is 0 Å². The van der Waals surface area contributed by atoms with Crippen LogP contribution in [0.3, 0.4) is 0 Å². The Morgan fingerprint density at radius 3 is 2.83 bits per heavy atom. The number of hydrogen-bond acceptors (Lipinski definition) is 2. The average molecular weight is 354 g/mol. The van der Waals surface area contributed by atoms with Crippen LogP contribution in [0, 0.1) is 5.92 Å². The van der Waals surface area contributed by atoms with Gasteiger partial charge < -0.3 is 10.6 Å². The molecule has 0 aromatic heterocycles. The third-order valence-corrected chi connectivity index (χ3v) is 4.29. The fourth-order valence-corrected chi connectivity index (χ4v) is 2.52. The first-order valence-electron chi connectivity index (χ1n) is 5.56. The molecule has 1 fully saturated rings. The molecule has 0 saturated carbocycles. The molecule has 0 bridgehead atoms. The van der Waals surface area contributed by atoms with Gasteiger partial charge in [0.1, 0.15) is 0 Å². The average Bonchev–Trinajstić information content (AvgIpc) is 2.80. The van der Waals surface area contributed by atoms with Crippen molar-refractivity contribution in [2.75, 3.05) is 19.6 Å². The van der Waals surface area contributed by atoms with Crippen LogP contribution in [0.4, 0.5) is 0 Å². The minimum atomic E-state index is 0. The molecule has 6 heteroatoms. The van der Waals surface area contributed by atoms with E-state index < -0.39 is 0 Å². The van der Waals surface area contributed by atoms with Crippen molar-refractivity contribution in [1.29, 1.82) is 0 Å². The van der Waals surface area contributed by atoms with Gasteiger partial charge in [0, 0.05) is 23.1 Å². The summed E-state index contributed by atoms with van der Waals surface area (Å²) in [5.74, 6) is 0.494. The van der Waals surface area contributed by atoms with Crippen molar-refractivity contribution in [1.82, 2.24) is 4.90 Å². The second-order valence-electron chi connectivity index (χ2n) is 4.27. The van der Waals surface area contributed by atoms with E-state index in [4.69, 9.17) is 17.3 Å². The second kappa shape index (κ2) is 6.75. The van der Waals surface area contributed by atoms with Crippen LogP contribution in [0.2, 0.25) is 5.02 Å².